The fraction of sp³-hybridized carbons (Fsp3) is 0.0114. The van der Waals surface area contributed by atoms with E-state index in [0.717, 1.165) is 117 Å². The van der Waals surface area contributed by atoms with Crippen molar-refractivity contribution in [3.8, 4) is 95.5 Å². The molecule has 6 nitrogen and oxygen atoms in total. The van der Waals surface area contributed by atoms with Crippen molar-refractivity contribution in [3.05, 3.63) is 345 Å². The molecule has 2 aromatic heterocycles. The van der Waals surface area contributed by atoms with Gasteiger partial charge in [0.15, 0.2) is 17.5 Å². The van der Waals surface area contributed by atoms with Crippen molar-refractivity contribution in [2.75, 3.05) is 9.80 Å². The van der Waals surface area contributed by atoms with Gasteiger partial charge in [-0.25, -0.2) is 15.0 Å². The summed E-state index contributed by atoms with van der Waals surface area (Å²) in [6, 6.07) is 116. The number of aromatic nitrogens is 4. The SMILES string of the molecule is FC(F)(F)c1cc(-n2c3ccccc3c3cc(-c4cc5c6c(c4)N(c4cc(-c7ccccc7)cc(-c7ccccc7)c4)c4ccccc4B6c4ccccc4N5c4cc(-c5ccccc5)cc(-c5ccccc5)c4)ccc32)ccc1-c1nc(-c2ccccc2)nc(-c2ccccc2)n1. The molecule has 0 amide bonds. The van der Waals surface area contributed by atoms with Crippen LogP contribution in [0.2, 0.25) is 0 Å². The second-order valence-corrected chi connectivity index (χ2v) is 25.0. The molecule has 18 rings (SSSR count). The minimum absolute atomic E-state index is 0.0796. The number of alkyl halides is 3. The van der Waals surface area contributed by atoms with Crippen molar-refractivity contribution in [1.82, 2.24) is 19.5 Å². The van der Waals surface area contributed by atoms with Crippen LogP contribution in [0.15, 0.2) is 340 Å². The summed E-state index contributed by atoms with van der Waals surface area (Å²) in [4.78, 5) is 19.2. The lowest BCUT2D eigenvalue weighted by Gasteiger charge is -2.44. The highest BCUT2D eigenvalue weighted by Crippen LogP contribution is 2.50. The highest BCUT2D eigenvalue weighted by molar-refractivity contribution is 7.00. The normalized spacial score (nSPS) is 12.4. The van der Waals surface area contributed by atoms with Crippen molar-refractivity contribution in [2.24, 2.45) is 0 Å². The van der Waals surface area contributed by atoms with Gasteiger partial charge in [-0.1, -0.05) is 243 Å². The summed E-state index contributed by atoms with van der Waals surface area (Å²) in [5.41, 5.74) is 22.6. The summed E-state index contributed by atoms with van der Waals surface area (Å²) in [5.74, 6) is 0.461. The van der Waals surface area contributed by atoms with Crippen molar-refractivity contribution < 1.29 is 13.2 Å². The lowest BCUT2D eigenvalue weighted by molar-refractivity contribution is -0.137. The molecule has 0 saturated heterocycles. The second kappa shape index (κ2) is 23.7. The Morgan fingerprint density at radius 2 is 0.653 bits per heavy atom. The Labute approximate surface area is 565 Å². The van der Waals surface area contributed by atoms with Crippen LogP contribution in [0, 0.1) is 0 Å². The van der Waals surface area contributed by atoms with E-state index >= 15 is 13.2 Å². The zero-order chi connectivity index (χ0) is 65.4. The maximum absolute atomic E-state index is 16.0. The number of halogens is 3. The van der Waals surface area contributed by atoms with E-state index in [9.17, 15) is 0 Å². The van der Waals surface area contributed by atoms with Crippen LogP contribution in [0.5, 0.6) is 0 Å². The van der Waals surface area contributed by atoms with Crippen LogP contribution in [0.1, 0.15) is 5.56 Å². The molecule has 462 valence electrons. The van der Waals surface area contributed by atoms with Gasteiger partial charge in [-0.05, 0) is 169 Å². The van der Waals surface area contributed by atoms with Gasteiger partial charge in [0.1, 0.15) is 0 Å². The molecular formula is C88H56BF3N6. The largest absolute Gasteiger partial charge is 0.417 e. The molecule has 2 aliphatic heterocycles. The summed E-state index contributed by atoms with van der Waals surface area (Å²) in [6.07, 6.45) is -4.80. The zero-order valence-electron chi connectivity index (χ0n) is 52.7. The maximum atomic E-state index is 16.0. The standard InChI is InChI=1S/C88H56BF3N6/c90-88(91,92)75-56-69(44-45-73(75)87-94-85(61-33-15-5-16-34-61)93-86(95-87)62-35-17-6-18-36-62)96-78-40-22-19-37-72(78)74-53-63(43-46-79(74)96)68-54-82-84-83(55-68)98(71-51-66(59-29-11-3-12-30-59)48-67(52-71)60-31-13-4-14-32-60)81-42-24-21-39-77(81)89(84)76-38-20-23-41-80(76)97(82)70-49-64(57-25-7-1-8-26-57)47-65(50-70)58-27-9-2-10-28-58/h1-56H. The topological polar surface area (TPSA) is 50.1 Å². The van der Waals surface area contributed by atoms with Gasteiger partial charge >= 0.3 is 6.18 Å². The first-order valence-corrected chi connectivity index (χ1v) is 32.8. The number of rotatable bonds is 11. The van der Waals surface area contributed by atoms with Gasteiger partial charge in [-0.3, -0.25) is 0 Å². The number of hydrogen-bond acceptors (Lipinski definition) is 5. The highest BCUT2D eigenvalue weighted by Gasteiger charge is 2.44. The fourth-order valence-electron chi connectivity index (χ4n) is 14.8. The third-order valence-electron chi connectivity index (χ3n) is 19.2. The molecule has 0 radical (unpaired) electrons. The lowest BCUT2D eigenvalue weighted by atomic mass is 9.33. The van der Waals surface area contributed by atoms with Gasteiger partial charge in [0.25, 0.3) is 6.71 Å². The molecule has 0 unspecified atom stereocenters. The minimum Gasteiger partial charge on any atom is -0.311 e. The second-order valence-electron chi connectivity index (χ2n) is 25.0. The molecule has 0 bridgehead atoms. The number of hydrogen-bond donors (Lipinski definition) is 0. The first kappa shape index (κ1) is 58.0. The van der Waals surface area contributed by atoms with E-state index in [1.165, 1.54) is 23.1 Å². The molecule has 16 aromatic rings. The number of anilines is 6. The Morgan fingerprint density at radius 3 is 1.11 bits per heavy atom. The monoisotopic (exact) mass is 1260 g/mol. The van der Waals surface area contributed by atoms with E-state index in [1.54, 1.807) is 6.07 Å². The van der Waals surface area contributed by atoms with Crippen LogP contribution in [-0.2, 0) is 6.18 Å². The van der Waals surface area contributed by atoms with E-state index < -0.39 is 11.7 Å². The quantitative estimate of drug-likeness (QED) is 0.121. The van der Waals surface area contributed by atoms with Crippen LogP contribution >= 0.6 is 0 Å². The molecule has 0 fully saturated rings. The predicted molar refractivity (Wildman–Crippen MR) is 397 cm³/mol. The number of fused-ring (bicyclic) bond motifs is 7. The van der Waals surface area contributed by atoms with E-state index in [2.05, 4.69) is 252 Å². The first-order valence-electron chi connectivity index (χ1n) is 32.8. The van der Waals surface area contributed by atoms with Gasteiger partial charge in [0.2, 0.25) is 0 Å². The predicted octanol–water partition coefficient (Wildman–Crippen LogP) is 21.4. The third kappa shape index (κ3) is 10.1. The van der Waals surface area contributed by atoms with Crippen LogP contribution in [0.3, 0.4) is 0 Å². The lowest BCUT2D eigenvalue weighted by Crippen LogP contribution is -2.61. The number of benzene rings is 14. The smallest absolute Gasteiger partial charge is 0.311 e. The summed E-state index contributed by atoms with van der Waals surface area (Å²) in [5, 5.41) is 1.77. The van der Waals surface area contributed by atoms with Gasteiger partial charge in [-0.2, -0.15) is 13.2 Å². The molecule has 0 N–H and O–H groups in total. The van der Waals surface area contributed by atoms with E-state index in [1.807, 2.05) is 83.4 Å². The number of nitrogens with zero attached hydrogens (tertiary/aromatic N) is 6. The van der Waals surface area contributed by atoms with Crippen molar-refractivity contribution in [2.45, 2.75) is 6.18 Å². The van der Waals surface area contributed by atoms with Gasteiger partial charge in [-0.15, -0.1) is 0 Å². The van der Waals surface area contributed by atoms with Crippen LogP contribution in [0.4, 0.5) is 47.3 Å². The average Bonchev–Trinajstić information content (AvgIpc) is 0.744. The van der Waals surface area contributed by atoms with Crippen molar-refractivity contribution >= 4 is 79.0 Å². The number of para-hydroxylation sites is 3. The van der Waals surface area contributed by atoms with Crippen molar-refractivity contribution in [3.63, 3.8) is 0 Å². The molecule has 4 heterocycles. The molecule has 0 aliphatic carbocycles. The minimum atomic E-state index is -4.80. The van der Waals surface area contributed by atoms with Crippen LogP contribution in [0.25, 0.3) is 117 Å². The van der Waals surface area contributed by atoms with E-state index in [-0.39, 0.29) is 29.7 Å². The van der Waals surface area contributed by atoms with Gasteiger partial charge < -0.3 is 14.4 Å². The highest BCUT2D eigenvalue weighted by atomic mass is 19.4. The molecule has 14 aromatic carbocycles. The molecule has 0 saturated carbocycles. The van der Waals surface area contributed by atoms with Crippen LogP contribution in [-0.4, -0.2) is 26.2 Å². The van der Waals surface area contributed by atoms with E-state index in [0.29, 0.717) is 16.8 Å². The average molecular weight is 1270 g/mol. The molecule has 98 heavy (non-hydrogen) atoms. The molecular weight excluding hydrogens is 1210 g/mol. The van der Waals surface area contributed by atoms with E-state index in [4.69, 9.17) is 15.0 Å². The van der Waals surface area contributed by atoms with Crippen molar-refractivity contribution in [1.29, 1.82) is 0 Å². The van der Waals surface area contributed by atoms with Gasteiger partial charge in [0, 0.05) is 67.3 Å². The Kier molecular flexibility index (Phi) is 14.0. The summed E-state index contributed by atoms with van der Waals surface area (Å²) in [7, 11) is 0. The molecule has 0 spiro atoms. The Hall–Kier alpha value is -12.7. The Bertz CT molecular complexity index is 5380. The summed E-state index contributed by atoms with van der Waals surface area (Å²) < 4.78 is 50.0. The molecule has 10 heteroatoms. The summed E-state index contributed by atoms with van der Waals surface area (Å²) >= 11 is 0. The third-order valence-corrected chi connectivity index (χ3v) is 19.2. The fourth-order valence-corrected chi connectivity index (χ4v) is 14.8. The molecule has 0 atom stereocenters. The maximum Gasteiger partial charge on any atom is 0.417 e. The Balaban J connectivity index is 0.871. The van der Waals surface area contributed by atoms with Gasteiger partial charge in [0.05, 0.1) is 16.6 Å². The first-order chi connectivity index (χ1) is 48.2. The summed E-state index contributed by atoms with van der Waals surface area (Å²) in [6.45, 7) is -0.166. The van der Waals surface area contributed by atoms with Crippen LogP contribution < -0.4 is 26.2 Å². The zero-order valence-corrected chi connectivity index (χ0v) is 52.7. The molecule has 2 aliphatic rings. The Morgan fingerprint density at radius 1 is 0.265 bits per heavy atom.